The molecule has 3 rings (SSSR count). The highest BCUT2D eigenvalue weighted by atomic mass is 16.1. The molecule has 0 fully saturated rings. The van der Waals surface area contributed by atoms with E-state index in [9.17, 15) is 9.59 Å². The first kappa shape index (κ1) is 19.2. The molecule has 28 heavy (non-hydrogen) atoms. The summed E-state index contributed by atoms with van der Waals surface area (Å²) in [7, 11) is 7.85. The van der Waals surface area contributed by atoms with E-state index in [-0.39, 0.29) is 21.8 Å². The predicted octanol–water partition coefficient (Wildman–Crippen LogP) is 0.853. The molecule has 0 bridgehead atoms. The summed E-state index contributed by atoms with van der Waals surface area (Å²) in [6.45, 7) is 0. The number of H-pyrrole nitrogens is 2. The number of aromatic nitrogens is 2. The van der Waals surface area contributed by atoms with Gasteiger partial charge in [-0.2, -0.15) is 0 Å². The Morgan fingerprint density at radius 3 is 1.21 bits per heavy atom. The van der Waals surface area contributed by atoms with Crippen LogP contribution in [0.2, 0.25) is 0 Å². The van der Waals surface area contributed by atoms with Gasteiger partial charge >= 0.3 is 0 Å². The Bertz CT molecular complexity index is 1090. The first-order valence-electron chi connectivity index (χ1n) is 8.94. The van der Waals surface area contributed by atoms with E-state index in [1.165, 1.54) is 0 Å². The normalized spacial score (nSPS) is 12.3. The van der Waals surface area contributed by atoms with Gasteiger partial charge in [-0.3, -0.25) is 9.59 Å². The standard InChI is InChI=1S/C22H24N4O2/c1-25(2)17-9-5-15(6-10-17)13-19-21(27)24-20(22(28)23-19)14-16-7-11-18(12-8-16)26(3)4/h5-14H,1-4H3,(H,23,28)(H,24,27)/b19-13-,20-14+. The van der Waals surface area contributed by atoms with E-state index in [1.54, 1.807) is 12.2 Å². The van der Waals surface area contributed by atoms with E-state index < -0.39 is 0 Å². The van der Waals surface area contributed by atoms with Crippen LogP contribution in [-0.2, 0) is 0 Å². The van der Waals surface area contributed by atoms with E-state index in [1.807, 2.05) is 86.5 Å². The van der Waals surface area contributed by atoms with Crippen LogP contribution in [0.3, 0.4) is 0 Å². The van der Waals surface area contributed by atoms with Crippen LogP contribution in [0.25, 0.3) is 12.2 Å². The third kappa shape index (κ3) is 4.40. The van der Waals surface area contributed by atoms with E-state index in [2.05, 4.69) is 9.97 Å². The van der Waals surface area contributed by atoms with Gasteiger partial charge in [0.1, 0.15) is 10.7 Å². The second kappa shape index (κ2) is 8.00. The summed E-state index contributed by atoms with van der Waals surface area (Å²) in [4.78, 5) is 34.2. The van der Waals surface area contributed by atoms with Gasteiger partial charge in [-0.1, -0.05) is 24.3 Å². The fourth-order valence-electron chi connectivity index (χ4n) is 2.77. The zero-order valence-electron chi connectivity index (χ0n) is 16.5. The number of nitrogens with one attached hydrogen (secondary N) is 2. The van der Waals surface area contributed by atoms with E-state index in [4.69, 9.17) is 0 Å². The Labute approximate surface area is 163 Å². The molecule has 0 aliphatic rings. The molecule has 0 atom stereocenters. The maximum atomic E-state index is 12.4. The molecule has 2 N–H and O–H groups in total. The van der Waals surface area contributed by atoms with Crippen molar-refractivity contribution in [3.05, 3.63) is 91.1 Å². The van der Waals surface area contributed by atoms with Crippen LogP contribution in [0.1, 0.15) is 11.1 Å². The van der Waals surface area contributed by atoms with Crippen LogP contribution in [0.15, 0.2) is 58.1 Å². The van der Waals surface area contributed by atoms with Gasteiger partial charge in [0, 0.05) is 39.6 Å². The lowest BCUT2D eigenvalue weighted by Gasteiger charge is -2.11. The van der Waals surface area contributed by atoms with Crippen LogP contribution < -0.4 is 31.6 Å². The Balaban J connectivity index is 1.99. The fraction of sp³-hybridized carbons (Fsp3) is 0.182. The first-order chi connectivity index (χ1) is 13.3. The van der Waals surface area contributed by atoms with Crippen LogP contribution >= 0.6 is 0 Å². The van der Waals surface area contributed by atoms with Crippen molar-refractivity contribution >= 4 is 23.5 Å². The zero-order chi connectivity index (χ0) is 20.3. The molecule has 0 aliphatic heterocycles. The van der Waals surface area contributed by atoms with Crippen LogP contribution in [0.4, 0.5) is 11.4 Å². The molecule has 0 aliphatic carbocycles. The second-order valence-corrected chi connectivity index (χ2v) is 7.00. The summed E-state index contributed by atoms with van der Waals surface area (Å²) in [6, 6.07) is 15.4. The summed E-state index contributed by atoms with van der Waals surface area (Å²) in [5, 5.41) is 0.449. The van der Waals surface area contributed by atoms with E-state index >= 15 is 0 Å². The minimum absolute atomic E-state index is 0.225. The minimum Gasteiger partial charge on any atom is -0.378 e. The Morgan fingerprint density at radius 2 is 0.929 bits per heavy atom. The van der Waals surface area contributed by atoms with Gasteiger partial charge in [-0.25, -0.2) is 0 Å². The van der Waals surface area contributed by atoms with Crippen molar-refractivity contribution in [2.45, 2.75) is 0 Å². The summed E-state index contributed by atoms with van der Waals surface area (Å²) in [5.41, 5.74) is 3.11. The average molecular weight is 376 g/mol. The monoisotopic (exact) mass is 376 g/mol. The molecule has 6 heteroatoms. The first-order valence-corrected chi connectivity index (χ1v) is 8.94. The van der Waals surface area contributed by atoms with Crippen molar-refractivity contribution < 1.29 is 0 Å². The number of benzene rings is 2. The Kier molecular flexibility index (Phi) is 5.49. The second-order valence-electron chi connectivity index (χ2n) is 7.00. The van der Waals surface area contributed by atoms with Crippen LogP contribution in [0.5, 0.6) is 0 Å². The zero-order valence-corrected chi connectivity index (χ0v) is 16.5. The maximum Gasteiger partial charge on any atom is 0.272 e. The van der Waals surface area contributed by atoms with Gasteiger partial charge in [0.15, 0.2) is 0 Å². The van der Waals surface area contributed by atoms with Gasteiger partial charge in [0.2, 0.25) is 0 Å². The molecule has 0 amide bonds. The topological polar surface area (TPSA) is 72.2 Å². The van der Waals surface area contributed by atoms with Gasteiger partial charge in [-0.05, 0) is 47.5 Å². The number of nitrogens with zero attached hydrogens (tertiary/aromatic N) is 2. The molecule has 1 heterocycles. The van der Waals surface area contributed by atoms with Crippen molar-refractivity contribution in [1.82, 2.24) is 9.97 Å². The molecular weight excluding hydrogens is 352 g/mol. The quantitative estimate of drug-likeness (QED) is 0.708. The van der Waals surface area contributed by atoms with Gasteiger partial charge in [0.05, 0.1) is 0 Å². The van der Waals surface area contributed by atoms with E-state index in [0.717, 1.165) is 22.5 Å². The molecule has 0 saturated carbocycles. The number of hydrogen-bond acceptors (Lipinski definition) is 4. The van der Waals surface area contributed by atoms with Crippen molar-refractivity contribution in [3.8, 4) is 0 Å². The molecule has 144 valence electrons. The SMILES string of the molecule is CN(C)c1ccc(/C=c2\[nH]c(=O)/c(=C\c3ccc(N(C)C)cc3)[nH]c2=O)cc1. The number of hydrogen-bond donors (Lipinski definition) is 2. The minimum atomic E-state index is -0.340. The highest BCUT2D eigenvalue weighted by Crippen LogP contribution is 2.13. The summed E-state index contributed by atoms with van der Waals surface area (Å²) < 4.78 is 0. The lowest BCUT2D eigenvalue weighted by molar-refractivity contribution is 1.00. The van der Waals surface area contributed by atoms with Crippen LogP contribution in [-0.4, -0.2) is 38.2 Å². The summed E-state index contributed by atoms with van der Waals surface area (Å²) in [5.74, 6) is 0. The maximum absolute atomic E-state index is 12.4. The van der Waals surface area contributed by atoms with Crippen LogP contribution in [0, 0.1) is 0 Å². The lowest BCUT2D eigenvalue weighted by atomic mass is 10.2. The highest BCUT2D eigenvalue weighted by Gasteiger charge is 1.99. The third-order valence-electron chi connectivity index (χ3n) is 4.43. The molecule has 3 aromatic rings. The third-order valence-corrected chi connectivity index (χ3v) is 4.43. The molecule has 0 saturated heterocycles. The van der Waals surface area contributed by atoms with Gasteiger partial charge in [0.25, 0.3) is 11.1 Å². The predicted molar refractivity (Wildman–Crippen MR) is 116 cm³/mol. The summed E-state index contributed by atoms with van der Waals surface area (Å²) >= 11 is 0. The number of anilines is 2. The molecule has 6 nitrogen and oxygen atoms in total. The van der Waals surface area contributed by atoms with Crippen molar-refractivity contribution in [2.75, 3.05) is 38.0 Å². The van der Waals surface area contributed by atoms with Crippen molar-refractivity contribution in [1.29, 1.82) is 0 Å². The molecule has 2 aromatic carbocycles. The van der Waals surface area contributed by atoms with Crippen molar-refractivity contribution in [3.63, 3.8) is 0 Å². The molecule has 0 spiro atoms. The molecular formula is C22H24N4O2. The molecule has 0 unspecified atom stereocenters. The number of aromatic amines is 2. The summed E-state index contributed by atoms with van der Waals surface area (Å²) in [6.07, 6.45) is 3.32. The highest BCUT2D eigenvalue weighted by molar-refractivity contribution is 5.56. The molecule has 0 radical (unpaired) electrons. The Morgan fingerprint density at radius 1 is 0.607 bits per heavy atom. The van der Waals surface area contributed by atoms with Gasteiger partial charge < -0.3 is 19.8 Å². The van der Waals surface area contributed by atoms with Crippen molar-refractivity contribution in [2.24, 2.45) is 0 Å². The smallest absolute Gasteiger partial charge is 0.272 e. The van der Waals surface area contributed by atoms with E-state index in [0.29, 0.717) is 0 Å². The largest absolute Gasteiger partial charge is 0.378 e. The van der Waals surface area contributed by atoms with Gasteiger partial charge in [-0.15, -0.1) is 0 Å². The molecule has 1 aromatic heterocycles. The fourth-order valence-corrected chi connectivity index (χ4v) is 2.77. The number of rotatable bonds is 4. The average Bonchev–Trinajstić information content (AvgIpc) is 2.66. The lowest BCUT2D eigenvalue weighted by Crippen LogP contribution is -2.46. The Hall–Kier alpha value is -3.54.